The summed E-state index contributed by atoms with van der Waals surface area (Å²) in [5.74, 6) is 2.66. The average Bonchev–Trinajstić information content (AvgIpc) is 3.06. The topological polar surface area (TPSA) is 159 Å². The second-order valence-corrected chi connectivity index (χ2v) is 11.0. The first-order valence-corrected chi connectivity index (χ1v) is 15.1. The highest BCUT2D eigenvalue weighted by Gasteiger charge is 2.29. The number of guanidine groups is 1. The molecule has 0 aromatic heterocycles. The van der Waals surface area contributed by atoms with Crippen LogP contribution in [-0.2, 0) is 17.9 Å². The number of benzene rings is 1. The zero-order chi connectivity index (χ0) is 31.0. The first-order chi connectivity index (χ1) is 21.5. The van der Waals surface area contributed by atoms with Gasteiger partial charge in [-0.05, 0) is 53.6 Å². The van der Waals surface area contributed by atoms with E-state index in [2.05, 4.69) is 69.1 Å². The number of allylic oxidation sites excluding steroid dienone is 8. The molecule has 10 nitrogen and oxygen atoms in total. The number of hydrazone groups is 1. The van der Waals surface area contributed by atoms with E-state index in [9.17, 15) is 9.59 Å². The molecule has 0 saturated heterocycles. The van der Waals surface area contributed by atoms with Crippen molar-refractivity contribution >= 4 is 31.5 Å². The molecule has 44 heavy (non-hydrogen) atoms. The van der Waals surface area contributed by atoms with Crippen molar-refractivity contribution < 1.29 is 9.59 Å². The maximum atomic E-state index is 13.4. The fourth-order valence-corrected chi connectivity index (χ4v) is 5.30. The fourth-order valence-electron chi connectivity index (χ4n) is 5.30. The average molecular weight is 594 g/mol. The van der Waals surface area contributed by atoms with E-state index in [0.717, 1.165) is 36.0 Å². The molecule has 8 N–H and O–H groups in total. The van der Waals surface area contributed by atoms with Gasteiger partial charge >= 0.3 is 6.03 Å². The van der Waals surface area contributed by atoms with Gasteiger partial charge in [-0.25, -0.2) is 9.79 Å². The van der Waals surface area contributed by atoms with Crippen LogP contribution in [0.1, 0.15) is 30.4 Å². The van der Waals surface area contributed by atoms with Crippen LogP contribution in [0.4, 0.5) is 4.79 Å². The quantitative estimate of drug-likeness (QED) is 0.0896. The third kappa shape index (κ3) is 10.9. The van der Waals surface area contributed by atoms with Crippen molar-refractivity contribution in [2.24, 2.45) is 39.3 Å². The normalized spacial score (nSPS) is 21.4. The summed E-state index contributed by atoms with van der Waals surface area (Å²) in [5, 5.41) is 12.1. The zero-order valence-electron chi connectivity index (χ0n) is 24.9. The molecule has 3 aliphatic rings. The molecule has 229 valence electrons. The van der Waals surface area contributed by atoms with E-state index in [1.165, 1.54) is 6.34 Å². The van der Waals surface area contributed by atoms with Crippen LogP contribution in [-0.4, -0.2) is 44.6 Å². The van der Waals surface area contributed by atoms with Gasteiger partial charge in [-0.2, -0.15) is 5.10 Å². The molecule has 0 spiro atoms. The maximum absolute atomic E-state index is 13.4. The minimum Gasteiger partial charge on any atom is -0.370 e. The number of rotatable bonds is 13. The second kappa shape index (κ2) is 17.5. The van der Waals surface area contributed by atoms with E-state index >= 15 is 0 Å². The van der Waals surface area contributed by atoms with Crippen LogP contribution in [0.2, 0.25) is 5.82 Å². The highest BCUT2D eigenvalue weighted by Crippen LogP contribution is 2.31. The summed E-state index contributed by atoms with van der Waals surface area (Å²) in [6.45, 7) is 1.83. The standard InChI is InChI=1S/C33H42BN8O2/c35-19-24-8-6-11-27(16-24)22-40-41-23-39-33(44)42-32(36)38-21-26-10-7-9-25(17-26)20-37-31(43)30(28-12-2-1-3-13-28)18-29-14-4-5-15-34-29/h1-10,12,14-17,23,27-30,40H,11,13,18-22,35H2,(H,37,43)(H4,36,38,39,41,42,44). The summed E-state index contributed by atoms with van der Waals surface area (Å²) in [4.78, 5) is 29.8. The molecule has 0 fully saturated rings. The second-order valence-electron chi connectivity index (χ2n) is 11.0. The zero-order valence-corrected chi connectivity index (χ0v) is 24.9. The molecular formula is C33H42BN8O2. The van der Waals surface area contributed by atoms with Crippen molar-refractivity contribution in [3.8, 4) is 0 Å². The number of hydrogen-bond acceptors (Lipinski definition) is 6. The number of nitrogens with two attached hydrogens (primary N) is 2. The Kier molecular flexibility index (Phi) is 12.8. The van der Waals surface area contributed by atoms with Crippen molar-refractivity contribution in [3.63, 3.8) is 0 Å². The molecule has 1 radical (unpaired) electrons. The van der Waals surface area contributed by atoms with Crippen LogP contribution in [0.3, 0.4) is 0 Å². The molecule has 1 aliphatic heterocycles. The van der Waals surface area contributed by atoms with Crippen molar-refractivity contribution in [2.75, 3.05) is 13.1 Å². The Morgan fingerprint density at radius 3 is 2.75 bits per heavy atom. The molecule has 11 heteroatoms. The van der Waals surface area contributed by atoms with Crippen molar-refractivity contribution in [2.45, 2.75) is 38.2 Å². The Labute approximate surface area is 260 Å². The minimum absolute atomic E-state index is 0.0168. The highest BCUT2D eigenvalue weighted by atomic mass is 16.2. The first-order valence-electron chi connectivity index (χ1n) is 15.1. The largest absolute Gasteiger partial charge is 0.370 e. The third-order valence-electron chi connectivity index (χ3n) is 7.63. The monoisotopic (exact) mass is 593 g/mol. The lowest BCUT2D eigenvalue weighted by molar-refractivity contribution is -0.126. The molecule has 1 aromatic carbocycles. The molecular weight excluding hydrogens is 551 g/mol. The lowest BCUT2D eigenvalue weighted by atomic mass is 9.58. The third-order valence-corrected chi connectivity index (χ3v) is 7.63. The Hall–Kier alpha value is -4.64. The number of amides is 3. The lowest BCUT2D eigenvalue weighted by Gasteiger charge is -2.27. The van der Waals surface area contributed by atoms with Crippen LogP contribution < -0.4 is 32.8 Å². The molecule has 0 bridgehead atoms. The Bertz CT molecular complexity index is 1380. The number of aliphatic imine (C=N–C) groups is 1. The summed E-state index contributed by atoms with van der Waals surface area (Å²) in [7, 11) is 2.15. The highest BCUT2D eigenvalue weighted by molar-refractivity contribution is 6.45. The lowest BCUT2D eigenvalue weighted by Crippen LogP contribution is -2.43. The van der Waals surface area contributed by atoms with Gasteiger partial charge in [0.25, 0.3) is 0 Å². The molecule has 1 aromatic rings. The van der Waals surface area contributed by atoms with E-state index in [-0.39, 0.29) is 36.1 Å². The van der Waals surface area contributed by atoms with E-state index < -0.39 is 6.03 Å². The number of nitrogens with zero attached hydrogens (tertiary/aromatic N) is 2. The summed E-state index contributed by atoms with van der Waals surface area (Å²) >= 11 is 0. The smallest absolute Gasteiger partial charge is 0.326 e. The van der Waals surface area contributed by atoms with Gasteiger partial charge in [-0.3, -0.25) is 15.4 Å². The van der Waals surface area contributed by atoms with Gasteiger partial charge in [0.15, 0.2) is 5.96 Å². The molecule has 3 amide bonds. The maximum Gasteiger partial charge on any atom is 0.326 e. The van der Waals surface area contributed by atoms with Gasteiger partial charge < -0.3 is 22.2 Å². The number of hydrogen-bond donors (Lipinski definition) is 6. The number of carbonyl (C=O) groups excluding carboxylic acids is 2. The molecule has 4 rings (SSSR count). The van der Waals surface area contributed by atoms with E-state index in [0.29, 0.717) is 25.6 Å². The Balaban J connectivity index is 1.20. The van der Waals surface area contributed by atoms with Gasteiger partial charge in [0.2, 0.25) is 5.91 Å². The summed E-state index contributed by atoms with van der Waals surface area (Å²) in [5.41, 5.74) is 17.5. The summed E-state index contributed by atoms with van der Waals surface area (Å²) in [6.07, 6.45) is 24.6. The van der Waals surface area contributed by atoms with Crippen molar-refractivity contribution in [3.05, 3.63) is 108 Å². The van der Waals surface area contributed by atoms with Gasteiger partial charge in [-0.15, -0.1) is 5.98 Å². The number of carbonyl (C=O) groups is 2. The predicted molar refractivity (Wildman–Crippen MR) is 178 cm³/mol. The minimum atomic E-state index is -0.547. The SMILES string of the molecule is NCC1=CC(CN/N=C/NC(=O)NC(N)=NCc2cccc(CNC(=O)C(CC3[B]C=CC=C3)C3C=CC=CC3)c2)CC=C1. The van der Waals surface area contributed by atoms with Crippen LogP contribution in [0, 0.1) is 17.8 Å². The molecule has 4 atom stereocenters. The number of nitrogens with one attached hydrogen (secondary N) is 4. The van der Waals surface area contributed by atoms with Crippen LogP contribution >= 0.6 is 0 Å². The first kappa shape index (κ1) is 32.3. The molecule has 1 heterocycles. The Morgan fingerprint density at radius 2 is 1.95 bits per heavy atom. The molecule has 0 saturated carbocycles. The summed E-state index contributed by atoms with van der Waals surface area (Å²) < 4.78 is 0. The van der Waals surface area contributed by atoms with Crippen LogP contribution in [0.15, 0.2) is 107 Å². The molecule has 4 unspecified atom stereocenters. The van der Waals surface area contributed by atoms with Crippen LogP contribution in [0.5, 0.6) is 0 Å². The van der Waals surface area contributed by atoms with E-state index in [1.807, 2.05) is 60.6 Å². The Morgan fingerprint density at radius 1 is 1.09 bits per heavy atom. The fraction of sp³-hybridized carbons (Fsp3) is 0.333. The van der Waals surface area contributed by atoms with E-state index in [1.54, 1.807) is 0 Å². The van der Waals surface area contributed by atoms with Crippen LogP contribution in [0.25, 0.3) is 0 Å². The van der Waals surface area contributed by atoms with E-state index in [4.69, 9.17) is 11.5 Å². The predicted octanol–water partition coefficient (Wildman–Crippen LogP) is 3.13. The summed E-state index contributed by atoms with van der Waals surface area (Å²) in [6, 6.07) is 7.24. The number of urea groups is 1. The molecule has 2 aliphatic carbocycles. The van der Waals surface area contributed by atoms with Crippen molar-refractivity contribution in [1.29, 1.82) is 0 Å². The van der Waals surface area contributed by atoms with Gasteiger partial charge in [0.1, 0.15) is 13.6 Å². The van der Waals surface area contributed by atoms with Gasteiger partial charge in [0, 0.05) is 25.6 Å². The van der Waals surface area contributed by atoms with Crippen molar-refractivity contribution in [1.82, 2.24) is 21.4 Å². The van der Waals surface area contributed by atoms with Gasteiger partial charge in [0.05, 0.1) is 6.54 Å². The van der Waals surface area contributed by atoms with Gasteiger partial charge in [-0.1, -0.05) is 85.0 Å².